The summed E-state index contributed by atoms with van der Waals surface area (Å²) in [5.41, 5.74) is 1.51. The summed E-state index contributed by atoms with van der Waals surface area (Å²) in [6, 6.07) is 7.50. The Balaban J connectivity index is 2.55. The maximum atomic E-state index is 11.4. The molecule has 4 heteroatoms. The second-order valence-electron chi connectivity index (χ2n) is 4.53. The molecule has 0 amide bonds. The number of fused-ring (bicyclic) bond motifs is 1. The van der Waals surface area contributed by atoms with Crippen LogP contribution in [0.2, 0.25) is 0 Å². The molecule has 0 fully saturated rings. The number of aromatic nitrogens is 1. The molecule has 0 aliphatic rings. The van der Waals surface area contributed by atoms with Crippen LogP contribution in [0.3, 0.4) is 0 Å². The van der Waals surface area contributed by atoms with E-state index in [1.807, 2.05) is 31.2 Å². The average Bonchev–Trinajstić information content (AvgIpc) is 2.46. The van der Waals surface area contributed by atoms with Gasteiger partial charge in [0.05, 0.1) is 11.2 Å². The van der Waals surface area contributed by atoms with Crippen molar-refractivity contribution in [3.05, 3.63) is 36.0 Å². The van der Waals surface area contributed by atoms with Gasteiger partial charge < -0.3 is 10.4 Å². The first kappa shape index (κ1) is 13.9. The molecular weight excluding hydrogens is 252 g/mol. The molecule has 0 saturated heterocycles. The van der Waals surface area contributed by atoms with Crippen LogP contribution < -0.4 is 5.32 Å². The van der Waals surface area contributed by atoms with E-state index in [0.717, 1.165) is 17.3 Å². The lowest BCUT2D eigenvalue weighted by molar-refractivity contribution is 0.0697. The van der Waals surface area contributed by atoms with E-state index in [1.165, 1.54) is 6.20 Å². The highest BCUT2D eigenvalue weighted by atomic mass is 16.4. The summed E-state index contributed by atoms with van der Waals surface area (Å²) in [4.78, 5) is 15.6. The van der Waals surface area contributed by atoms with Crippen molar-refractivity contribution in [2.45, 2.75) is 25.8 Å². The predicted octanol–water partition coefficient (Wildman–Crippen LogP) is 3.15. The molecule has 4 nitrogen and oxygen atoms in total. The van der Waals surface area contributed by atoms with E-state index < -0.39 is 5.97 Å². The monoisotopic (exact) mass is 268 g/mol. The van der Waals surface area contributed by atoms with Crippen molar-refractivity contribution in [1.82, 2.24) is 4.98 Å². The summed E-state index contributed by atoms with van der Waals surface area (Å²) in [7, 11) is 0. The van der Waals surface area contributed by atoms with Crippen molar-refractivity contribution >= 4 is 22.6 Å². The van der Waals surface area contributed by atoms with Gasteiger partial charge >= 0.3 is 5.97 Å². The minimum Gasteiger partial charge on any atom is -0.478 e. The van der Waals surface area contributed by atoms with Gasteiger partial charge in [0.2, 0.25) is 0 Å². The molecule has 1 unspecified atom stereocenters. The Bertz CT molecular complexity index is 674. The molecule has 0 bridgehead atoms. The maximum Gasteiger partial charge on any atom is 0.339 e. The first-order chi connectivity index (χ1) is 9.67. The fourth-order valence-corrected chi connectivity index (χ4v) is 2.10. The van der Waals surface area contributed by atoms with Crippen LogP contribution in [0.25, 0.3) is 10.9 Å². The van der Waals surface area contributed by atoms with Crippen molar-refractivity contribution in [3.8, 4) is 12.3 Å². The lowest BCUT2D eigenvalue weighted by atomic mass is 10.1. The third kappa shape index (κ3) is 2.72. The van der Waals surface area contributed by atoms with E-state index in [9.17, 15) is 9.90 Å². The molecule has 2 N–H and O–H groups in total. The number of carbonyl (C=O) groups is 1. The number of aromatic carboxylic acids is 1. The van der Waals surface area contributed by atoms with Crippen molar-refractivity contribution in [3.63, 3.8) is 0 Å². The molecule has 1 aromatic carbocycles. The smallest absolute Gasteiger partial charge is 0.339 e. The number of hydrogen-bond donors (Lipinski definition) is 2. The Kier molecular flexibility index (Phi) is 4.21. The molecule has 1 atom stereocenters. The van der Waals surface area contributed by atoms with Crippen molar-refractivity contribution in [2.75, 3.05) is 5.32 Å². The zero-order valence-electron chi connectivity index (χ0n) is 11.3. The molecule has 0 aliphatic carbocycles. The predicted molar refractivity (Wildman–Crippen MR) is 79.9 cm³/mol. The quantitative estimate of drug-likeness (QED) is 0.818. The van der Waals surface area contributed by atoms with Gasteiger partial charge in [0.25, 0.3) is 0 Å². The van der Waals surface area contributed by atoms with Crippen LogP contribution in [0.1, 0.15) is 30.1 Å². The number of hydrogen-bond acceptors (Lipinski definition) is 3. The summed E-state index contributed by atoms with van der Waals surface area (Å²) < 4.78 is 0. The Morgan fingerprint density at radius 3 is 2.90 bits per heavy atom. The SMILES string of the molecule is C#CCC(CC)Nc1c(C(=O)O)cnc2ccccc12. The second-order valence-corrected chi connectivity index (χ2v) is 4.53. The van der Waals surface area contributed by atoms with E-state index in [0.29, 0.717) is 12.1 Å². The van der Waals surface area contributed by atoms with Crippen LogP contribution in [0.4, 0.5) is 5.69 Å². The first-order valence-corrected chi connectivity index (χ1v) is 6.48. The van der Waals surface area contributed by atoms with Crippen LogP contribution in [0.5, 0.6) is 0 Å². The number of para-hydroxylation sites is 1. The number of pyridine rings is 1. The highest BCUT2D eigenvalue weighted by Gasteiger charge is 2.16. The largest absolute Gasteiger partial charge is 0.478 e. The molecule has 20 heavy (non-hydrogen) atoms. The molecule has 0 saturated carbocycles. The molecule has 2 aromatic rings. The normalized spacial score (nSPS) is 11.8. The summed E-state index contributed by atoms with van der Waals surface area (Å²) in [6.45, 7) is 2.01. The Labute approximate surface area is 117 Å². The highest BCUT2D eigenvalue weighted by Crippen LogP contribution is 2.27. The summed E-state index contributed by atoms with van der Waals surface area (Å²) in [6.07, 6.45) is 8.10. The molecule has 1 heterocycles. The van der Waals surface area contributed by atoms with Crippen molar-refractivity contribution in [1.29, 1.82) is 0 Å². The second kappa shape index (κ2) is 6.07. The fourth-order valence-electron chi connectivity index (χ4n) is 2.10. The highest BCUT2D eigenvalue weighted by molar-refractivity contribution is 6.04. The third-order valence-corrected chi connectivity index (χ3v) is 3.21. The van der Waals surface area contributed by atoms with Gasteiger partial charge in [-0.25, -0.2) is 4.79 Å². The van der Waals surface area contributed by atoms with Gasteiger partial charge in [0.15, 0.2) is 0 Å². The molecule has 1 aromatic heterocycles. The van der Waals surface area contributed by atoms with Crippen LogP contribution in [0, 0.1) is 12.3 Å². The van der Waals surface area contributed by atoms with Gasteiger partial charge in [-0.2, -0.15) is 0 Å². The van der Waals surface area contributed by atoms with Crippen LogP contribution >= 0.6 is 0 Å². The average molecular weight is 268 g/mol. The Hall–Kier alpha value is -2.54. The molecule has 0 aliphatic heterocycles. The minimum absolute atomic E-state index is 0.0453. The number of nitrogens with zero attached hydrogens (tertiary/aromatic N) is 1. The number of carboxylic acids is 1. The molecule has 102 valence electrons. The zero-order valence-corrected chi connectivity index (χ0v) is 11.3. The van der Waals surface area contributed by atoms with Crippen molar-refractivity contribution in [2.24, 2.45) is 0 Å². The molecule has 0 radical (unpaired) electrons. The van der Waals surface area contributed by atoms with Gasteiger partial charge in [-0.15, -0.1) is 12.3 Å². The Morgan fingerprint density at radius 1 is 1.50 bits per heavy atom. The third-order valence-electron chi connectivity index (χ3n) is 3.21. The van der Waals surface area contributed by atoms with Gasteiger partial charge in [0, 0.05) is 24.0 Å². The van der Waals surface area contributed by atoms with E-state index in [1.54, 1.807) is 0 Å². The topological polar surface area (TPSA) is 62.2 Å². The number of rotatable bonds is 5. The summed E-state index contributed by atoms with van der Waals surface area (Å²) in [5, 5.41) is 13.4. The number of benzene rings is 1. The van der Waals surface area contributed by atoms with E-state index in [4.69, 9.17) is 6.42 Å². The van der Waals surface area contributed by atoms with Gasteiger partial charge in [-0.3, -0.25) is 4.98 Å². The fraction of sp³-hybridized carbons (Fsp3) is 0.250. The van der Waals surface area contributed by atoms with Crippen LogP contribution in [-0.4, -0.2) is 22.1 Å². The van der Waals surface area contributed by atoms with Crippen molar-refractivity contribution < 1.29 is 9.90 Å². The standard InChI is InChI=1S/C16H16N2O2/c1-3-7-11(4-2)18-15-12-8-5-6-9-14(12)17-10-13(15)16(19)20/h1,5-6,8-11H,4,7H2,2H3,(H,17,18)(H,19,20). The van der Waals surface area contributed by atoms with E-state index in [2.05, 4.69) is 16.2 Å². The van der Waals surface area contributed by atoms with E-state index in [-0.39, 0.29) is 11.6 Å². The minimum atomic E-state index is -0.999. The lowest BCUT2D eigenvalue weighted by Gasteiger charge is -2.19. The zero-order chi connectivity index (χ0) is 14.5. The lowest BCUT2D eigenvalue weighted by Crippen LogP contribution is -2.20. The first-order valence-electron chi connectivity index (χ1n) is 6.48. The number of nitrogens with one attached hydrogen (secondary N) is 1. The Morgan fingerprint density at radius 2 is 2.25 bits per heavy atom. The molecule has 2 rings (SSSR count). The van der Waals surface area contributed by atoms with E-state index >= 15 is 0 Å². The van der Waals surface area contributed by atoms with Gasteiger partial charge in [-0.05, 0) is 12.5 Å². The van der Waals surface area contributed by atoms with Gasteiger partial charge in [0.1, 0.15) is 5.56 Å². The molecular formula is C16H16N2O2. The number of anilines is 1. The van der Waals surface area contributed by atoms with Gasteiger partial charge in [-0.1, -0.05) is 25.1 Å². The maximum absolute atomic E-state index is 11.4. The summed E-state index contributed by atoms with van der Waals surface area (Å²) in [5.74, 6) is 1.61. The number of terminal acetylenes is 1. The summed E-state index contributed by atoms with van der Waals surface area (Å²) >= 11 is 0. The van der Waals surface area contributed by atoms with Crippen LogP contribution in [-0.2, 0) is 0 Å². The number of carboxylic acid groups (broad SMARTS) is 1. The van der Waals surface area contributed by atoms with Crippen LogP contribution in [0.15, 0.2) is 30.5 Å². The molecule has 0 spiro atoms.